The topological polar surface area (TPSA) is 317 Å². The molecule has 0 aliphatic heterocycles. The molecule has 0 radical (unpaired) electrons. The van der Waals surface area contributed by atoms with E-state index in [2.05, 4.69) is 0 Å². The van der Waals surface area contributed by atoms with Gasteiger partial charge in [0, 0.05) is 12.2 Å². The molecule has 0 aromatic heterocycles. The first-order valence-electron chi connectivity index (χ1n) is 17.8. The van der Waals surface area contributed by atoms with E-state index in [1.807, 2.05) is 37.3 Å². The van der Waals surface area contributed by atoms with Crippen LogP contribution in [0.3, 0.4) is 0 Å². The van der Waals surface area contributed by atoms with Crippen molar-refractivity contribution in [3.05, 3.63) is 149 Å². The Hall–Kier alpha value is -8.73. The molecule has 0 fully saturated rings. The molecular formula is C45H44O17. The minimum absolute atomic E-state index is 0.00347. The lowest BCUT2D eigenvalue weighted by atomic mass is 10.1. The molecule has 326 valence electrons. The molecule has 11 N–H and O–H groups in total. The van der Waals surface area contributed by atoms with Gasteiger partial charge in [0.15, 0.2) is 40.2 Å². The summed E-state index contributed by atoms with van der Waals surface area (Å²) in [5, 5.41) is 97.0. The summed E-state index contributed by atoms with van der Waals surface area (Å²) < 4.78 is 4.78. The molecule has 0 bridgehead atoms. The number of esters is 1. The van der Waals surface area contributed by atoms with Crippen LogP contribution in [-0.4, -0.2) is 92.9 Å². The van der Waals surface area contributed by atoms with Gasteiger partial charge in [-0.1, -0.05) is 67.6 Å². The number of phenols is 8. The summed E-state index contributed by atoms with van der Waals surface area (Å²) in [6.07, 6.45) is 9.33. The molecule has 5 rings (SSSR count). The summed E-state index contributed by atoms with van der Waals surface area (Å²) in [6, 6.07) is 26.0. The van der Waals surface area contributed by atoms with E-state index in [4.69, 9.17) is 60.9 Å². The van der Waals surface area contributed by atoms with Crippen LogP contribution >= 0.6 is 0 Å². The molecule has 0 saturated heterocycles. The van der Waals surface area contributed by atoms with Crippen LogP contribution in [0.2, 0.25) is 0 Å². The van der Waals surface area contributed by atoms with E-state index in [-0.39, 0.29) is 47.3 Å². The van der Waals surface area contributed by atoms with Crippen LogP contribution in [0.25, 0.3) is 18.2 Å². The highest BCUT2D eigenvalue weighted by Crippen LogP contribution is 2.35. The molecule has 17 nitrogen and oxygen atoms in total. The van der Waals surface area contributed by atoms with Gasteiger partial charge in [0.2, 0.25) is 0 Å². The maximum absolute atomic E-state index is 11.3. The minimum atomic E-state index is -1.06. The number of allylic oxidation sites excluding steroid dienone is 1. The minimum Gasteiger partial charge on any atom is -0.508 e. The second kappa shape index (κ2) is 27.8. The first-order valence-corrected chi connectivity index (χ1v) is 17.8. The molecule has 5 aromatic rings. The zero-order valence-corrected chi connectivity index (χ0v) is 32.8. The first kappa shape index (κ1) is 51.3. The van der Waals surface area contributed by atoms with Crippen LogP contribution in [-0.2, 0) is 30.3 Å². The van der Waals surface area contributed by atoms with Gasteiger partial charge in [-0.05, 0) is 95.4 Å². The number of aldehydes is 1. The van der Waals surface area contributed by atoms with E-state index in [9.17, 15) is 24.0 Å². The van der Waals surface area contributed by atoms with Crippen LogP contribution in [0.5, 0.6) is 46.0 Å². The average molecular weight is 857 g/mol. The van der Waals surface area contributed by atoms with Gasteiger partial charge >= 0.3 is 23.9 Å². The molecular weight excluding hydrogens is 812 g/mol. The summed E-state index contributed by atoms with van der Waals surface area (Å²) in [7, 11) is 0. The van der Waals surface area contributed by atoms with Gasteiger partial charge in [-0.15, -0.1) is 0 Å². The largest absolute Gasteiger partial charge is 0.508 e. The number of benzene rings is 5. The Labute approximate surface area is 354 Å². The number of carboxylic acid groups (broad SMARTS) is 3. The molecule has 62 heavy (non-hydrogen) atoms. The number of hydrogen-bond acceptors (Lipinski definition) is 14. The lowest BCUT2D eigenvalue weighted by Crippen LogP contribution is -2.05. The van der Waals surface area contributed by atoms with Gasteiger partial charge in [-0.2, -0.15) is 0 Å². The predicted molar refractivity (Wildman–Crippen MR) is 226 cm³/mol. The van der Waals surface area contributed by atoms with Crippen molar-refractivity contribution in [1.82, 2.24) is 0 Å². The third-order valence-electron chi connectivity index (χ3n) is 7.03. The Morgan fingerprint density at radius 3 is 1.53 bits per heavy atom. The number of carbonyl (C=O) groups is 5. The Morgan fingerprint density at radius 1 is 0.548 bits per heavy atom. The summed E-state index contributed by atoms with van der Waals surface area (Å²) in [5.74, 6) is -6.31. The second-order valence-electron chi connectivity index (χ2n) is 12.0. The van der Waals surface area contributed by atoms with E-state index in [1.165, 1.54) is 66.8 Å². The smallest absolute Gasteiger partial charge is 0.338 e. The summed E-state index contributed by atoms with van der Waals surface area (Å²) in [4.78, 5) is 51.6. The number of ether oxygens (including phenoxy) is 1. The second-order valence-corrected chi connectivity index (χ2v) is 12.0. The number of phenolic OH excluding ortho intramolecular Hbond substituents is 8. The van der Waals surface area contributed by atoms with E-state index < -0.39 is 41.1 Å². The fourth-order valence-corrected chi connectivity index (χ4v) is 4.13. The van der Waals surface area contributed by atoms with Crippen molar-refractivity contribution in [2.24, 2.45) is 0 Å². The molecule has 5 aromatic carbocycles. The summed E-state index contributed by atoms with van der Waals surface area (Å²) in [5.41, 5.74) is 2.76. The lowest BCUT2D eigenvalue weighted by Gasteiger charge is -2.05. The maximum atomic E-state index is 11.3. The number of aliphatic carboxylic acids is 3. The Balaban J connectivity index is 0.000000390. The molecule has 0 heterocycles. The fourth-order valence-electron chi connectivity index (χ4n) is 4.13. The number of hydrogen-bond donors (Lipinski definition) is 11. The Kier molecular flexibility index (Phi) is 23.0. The van der Waals surface area contributed by atoms with Crippen molar-refractivity contribution >= 4 is 48.4 Å². The number of rotatable bonds is 11. The van der Waals surface area contributed by atoms with Crippen molar-refractivity contribution < 1.29 is 84.9 Å². The lowest BCUT2D eigenvalue weighted by molar-refractivity contribution is -0.136. The summed E-state index contributed by atoms with van der Waals surface area (Å²) >= 11 is 0. The highest BCUT2D eigenvalue weighted by molar-refractivity contribution is 5.91. The fraction of sp³-hybridized carbons (Fsp3) is 0.0889. The molecule has 0 saturated carbocycles. The third kappa shape index (κ3) is 21.7. The van der Waals surface area contributed by atoms with Crippen LogP contribution in [0.4, 0.5) is 0 Å². The van der Waals surface area contributed by atoms with Crippen molar-refractivity contribution in [3.8, 4) is 46.0 Å². The van der Waals surface area contributed by atoms with Gasteiger partial charge in [-0.3, -0.25) is 9.59 Å². The van der Waals surface area contributed by atoms with Gasteiger partial charge in [-0.25, -0.2) is 14.4 Å². The van der Waals surface area contributed by atoms with Crippen molar-refractivity contribution in [2.45, 2.75) is 19.8 Å². The van der Waals surface area contributed by atoms with E-state index >= 15 is 0 Å². The van der Waals surface area contributed by atoms with Gasteiger partial charge in [0.1, 0.15) is 12.0 Å². The number of carboxylic acids is 3. The average Bonchev–Trinajstić information content (AvgIpc) is 3.23. The normalized spacial score (nSPS) is 10.1. The zero-order chi connectivity index (χ0) is 46.6. The van der Waals surface area contributed by atoms with E-state index in [0.29, 0.717) is 17.5 Å². The maximum Gasteiger partial charge on any atom is 0.338 e. The van der Waals surface area contributed by atoms with Gasteiger partial charge in [0.25, 0.3) is 0 Å². The molecule has 0 aliphatic carbocycles. The predicted octanol–water partition coefficient (Wildman–Crippen LogP) is 6.68. The van der Waals surface area contributed by atoms with Gasteiger partial charge in [0.05, 0.1) is 18.6 Å². The first-order chi connectivity index (χ1) is 29.4. The quantitative estimate of drug-likeness (QED) is 0.0285. The zero-order valence-electron chi connectivity index (χ0n) is 32.8. The van der Waals surface area contributed by atoms with Crippen molar-refractivity contribution in [1.29, 1.82) is 0 Å². The Bertz CT molecular complexity index is 2290. The molecule has 0 aliphatic rings. The monoisotopic (exact) mass is 856 g/mol. The Morgan fingerprint density at radius 2 is 1.05 bits per heavy atom. The van der Waals surface area contributed by atoms with E-state index in [1.54, 1.807) is 18.2 Å². The van der Waals surface area contributed by atoms with Crippen LogP contribution in [0.1, 0.15) is 46.0 Å². The van der Waals surface area contributed by atoms with Crippen molar-refractivity contribution in [3.63, 3.8) is 0 Å². The number of aromatic hydroxyl groups is 8. The highest BCUT2D eigenvalue weighted by Gasteiger charge is 2.14. The summed E-state index contributed by atoms with van der Waals surface area (Å²) in [6.45, 7) is 2.11. The molecule has 0 amide bonds. The van der Waals surface area contributed by atoms with Crippen molar-refractivity contribution in [2.75, 3.05) is 6.61 Å². The molecule has 0 unspecified atom stereocenters. The molecule has 0 spiro atoms. The van der Waals surface area contributed by atoms with Gasteiger partial charge < -0.3 is 60.9 Å². The molecule has 0 atom stereocenters. The SMILES string of the molecule is CCCOC(=O)c1cc(O)c(O)c(O)c1.O=C(O)/C=C/c1ccc(O)c(O)c1.O=C(O)/C=C/c1ccc(O)cc1.O=C(O)Cc1ccc(O)c(O)c1.O=C/C=C/c1ccccc1. The van der Waals surface area contributed by atoms with E-state index in [0.717, 1.165) is 41.7 Å². The number of carbonyl (C=O) groups excluding carboxylic acids is 2. The highest BCUT2D eigenvalue weighted by atomic mass is 16.5. The molecule has 17 heteroatoms. The van der Waals surface area contributed by atoms with Crippen LogP contribution in [0.15, 0.2) is 121 Å². The van der Waals surface area contributed by atoms with Crippen LogP contribution in [0, 0.1) is 0 Å². The standard InChI is InChI=1S/C10H12O5.C9H8O4.C9H8O3.C9H8O.C8H8O4/c1-2-3-15-10(14)6-4-7(11)9(13)8(12)5-6;10-7-3-1-6(5-8(7)11)2-4-9(12)13;10-8-4-1-7(2-5-8)3-6-9(11)12;10-8-4-7-9-5-2-1-3-6-9;9-6-2-1-5(3-7(6)10)4-8(11)12/h4-5,11-13H,2-3H2,1H3;1-5,10-11H,(H,12,13);1-6,10H,(H,11,12);1-8H;1-3,9-10H,4H2,(H,11,12)/b;4-2+;6-3+;7-4+;. The third-order valence-corrected chi connectivity index (χ3v) is 7.03. The van der Waals surface area contributed by atoms with Crippen LogP contribution < -0.4 is 0 Å².